The second-order valence-corrected chi connectivity index (χ2v) is 5.21. The van der Waals surface area contributed by atoms with E-state index < -0.39 is 5.97 Å². The van der Waals surface area contributed by atoms with Crippen molar-refractivity contribution in [3.8, 4) is 0 Å². The van der Waals surface area contributed by atoms with Crippen molar-refractivity contribution < 1.29 is 9.90 Å². The smallest absolute Gasteiger partial charge is 0.352 e. The molecule has 0 saturated carbocycles. The number of thiocarbonyl (C=S) groups is 1. The van der Waals surface area contributed by atoms with E-state index in [-0.39, 0.29) is 17.2 Å². The minimum absolute atomic E-state index is 0.0000566. The molecule has 0 aromatic heterocycles. The van der Waals surface area contributed by atoms with Crippen LogP contribution in [0, 0.1) is 0 Å². The maximum atomic E-state index is 11.3. The summed E-state index contributed by atoms with van der Waals surface area (Å²) in [5, 5.41) is 16.4. The molecule has 0 spiro atoms. The van der Waals surface area contributed by atoms with Crippen LogP contribution >= 0.6 is 12.2 Å². The van der Waals surface area contributed by atoms with Crippen LogP contribution in [0.1, 0.15) is 11.1 Å². The molecule has 0 saturated heterocycles. The molecule has 118 valence electrons. The Balaban J connectivity index is 1.89. The zero-order valence-corrected chi connectivity index (χ0v) is 13.2. The number of hydrazone groups is 1. The quantitative estimate of drug-likeness (QED) is 0.431. The van der Waals surface area contributed by atoms with Gasteiger partial charge in [-0.3, -0.25) is 5.43 Å². The van der Waals surface area contributed by atoms with E-state index in [9.17, 15) is 9.90 Å². The van der Waals surface area contributed by atoms with E-state index in [1.807, 2.05) is 60.7 Å². The van der Waals surface area contributed by atoms with Gasteiger partial charge in [-0.05, 0) is 23.3 Å². The van der Waals surface area contributed by atoms with Crippen LogP contribution in [-0.2, 0) is 17.8 Å². The number of rotatable bonds is 6. The molecule has 0 heterocycles. The molecule has 0 amide bonds. The topological polar surface area (TPSA) is 73.7 Å². The van der Waals surface area contributed by atoms with Crippen molar-refractivity contribution in [2.24, 2.45) is 5.10 Å². The molecular weight excluding hydrogens is 310 g/mol. The molecule has 0 bridgehead atoms. The highest BCUT2D eigenvalue weighted by atomic mass is 32.1. The van der Waals surface area contributed by atoms with E-state index in [2.05, 4.69) is 15.8 Å². The van der Waals surface area contributed by atoms with Gasteiger partial charge in [-0.25, -0.2) is 4.79 Å². The lowest BCUT2D eigenvalue weighted by molar-refractivity contribution is -0.129. The zero-order chi connectivity index (χ0) is 16.5. The zero-order valence-electron chi connectivity index (χ0n) is 12.4. The molecule has 3 N–H and O–H groups in total. The maximum Gasteiger partial charge on any atom is 0.352 e. The summed E-state index contributed by atoms with van der Waals surface area (Å²) in [5.74, 6) is -1.08. The third kappa shape index (κ3) is 5.88. The predicted octanol–water partition coefficient (Wildman–Crippen LogP) is 2.33. The Morgan fingerprint density at radius 2 is 1.57 bits per heavy atom. The highest BCUT2D eigenvalue weighted by Gasteiger charge is 2.10. The van der Waals surface area contributed by atoms with Gasteiger partial charge in [-0.15, -0.1) is 0 Å². The van der Waals surface area contributed by atoms with Crippen molar-refractivity contribution in [3.05, 3.63) is 71.8 Å². The molecular formula is C17H17N3O2S. The van der Waals surface area contributed by atoms with Gasteiger partial charge in [0, 0.05) is 13.0 Å². The summed E-state index contributed by atoms with van der Waals surface area (Å²) < 4.78 is 0. The molecule has 0 radical (unpaired) electrons. The Bertz CT molecular complexity index is 687. The first-order valence-corrected chi connectivity index (χ1v) is 7.47. The first-order chi connectivity index (χ1) is 11.1. The lowest BCUT2D eigenvalue weighted by Gasteiger charge is -2.08. The first-order valence-electron chi connectivity index (χ1n) is 7.06. The average Bonchev–Trinajstić information content (AvgIpc) is 2.58. The van der Waals surface area contributed by atoms with E-state index in [0.717, 1.165) is 11.1 Å². The number of carboxylic acids is 1. The van der Waals surface area contributed by atoms with E-state index in [0.29, 0.717) is 6.54 Å². The SMILES string of the molecule is O=C(O)/C(Cc1ccccc1)=N/NC(=S)NCc1ccccc1. The summed E-state index contributed by atoms with van der Waals surface area (Å²) in [6.07, 6.45) is 0.227. The molecule has 0 atom stereocenters. The Hall–Kier alpha value is -2.73. The Kier molecular flexibility index (Phi) is 6.26. The molecule has 5 nitrogen and oxygen atoms in total. The monoisotopic (exact) mass is 327 g/mol. The van der Waals surface area contributed by atoms with Gasteiger partial charge in [0.15, 0.2) is 5.11 Å². The molecule has 0 unspecified atom stereocenters. The fourth-order valence-electron chi connectivity index (χ4n) is 1.89. The van der Waals surface area contributed by atoms with Crippen molar-refractivity contribution in [3.63, 3.8) is 0 Å². The molecule has 2 aromatic carbocycles. The van der Waals surface area contributed by atoms with Crippen LogP contribution < -0.4 is 10.7 Å². The number of nitrogens with one attached hydrogen (secondary N) is 2. The van der Waals surface area contributed by atoms with E-state index in [1.165, 1.54) is 0 Å². The number of benzene rings is 2. The van der Waals surface area contributed by atoms with Crippen molar-refractivity contribution in [1.82, 2.24) is 10.7 Å². The van der Waals surface area contributed by atoms with E-state index >= 15 is 0 Å². The van der Waals surface area contributed by atoms with Gasteiger partial charge in [0.1, 0.15) is 5.71 Å². The van der Waals surface area contributed by atoms with Crippen LogP contribution in [0.25, 0.3) is 0 Å². The number of carbonyl (C=O) groups is 1. The molecule has 0 aliphatic carbocycles. The van der Waals surface area contributed by atoms with Crippen molar-refractivity contribution in [1.29, 1.82) is 0 Å². The normalized spacial score (nSPS) is 10.9. The lowest BCUT2D eigenvalue weighted by atomic mass is 10.1. The van der Waals surface area contributed by atoms with E-state index in [1.54, 1.807) is 0 Å². The molecule has 0 fully saturated rings. The minimum Gasteiger partial charge on any atom is -0.477 e. The largest absolute Gasteiger partial charge is 0.477 e. The van der Waals surface area contributed by atoms with Crippen LogP contribution in [-0.4, -0.2) is 21.9 Å². The number of aliphatic carboxylic acids is 1. The fraction of sp³-hybridized carbons (Fsp3) is 0.118. The minimum atomic E-state index is -1.08. The Morgan fingerprint density at radius 1 is 1.00 bits per heavy atom. The van der Waals surface area contributed by atoms with Crippen LogP contribution in [0.2, 0.25) is 0 Å². The van der Waals surface area contributed by atoms with Crippen molar-refractivity contribution >= 4 is 29.0 Å². The van der Waals surface area contributed by atoms with Gasteiger partial charge in [-0.2, -0.15) is 5.10 Å². The van der Waals surface area contributed by atoms with Crippen LogP contribution in [0.3, 0.4) is 0 Å². The van der Waals surface area contributed by atoms with Crippen LogP contribution in [0.5, 0.6) is 0 Å². The first kappa shape index (κ1) is 16.6. The number of hydrogen-bond donors (Lipinski definition) is 3. The van der Waals surface area contributed by atoms with Gasteiger partial charge in [0.2, 0.25) is 0 Å². The lowest BCUT2D eigenvalue weighted by Crippen LogP contribution is -2.33. The predicted molar refractivity (Wildman–Crippen MR) is 94.2 cm³/mol. The standard InChI is InChI=1S/C17H17N3O2S/c21-16(22)15(11-13-7-3-1-4-8-13)19-20-17(23)18-12-14-9-5-2-6-10-14/h1-10H,11-12H2,(H,21,22)(H2,18,20,23)/b19-15+. The summed E-state index contributed by atoms with van der Waals surface area (Å²) in [4.78, 5) is 11.3. The second kappa shape index (κ2) is 8.65. The summed E-state index contributed by atoms with van der Waals surface area (Å²) in [6, 6.07) is 19.0. The van der Waals surface area contributed by atoms with E-state index in [4.69, 9.17) is 12.2 Å². The fourth-order valence-corrected chi connectivity index (χ4v) is 2.01. The second-order valence-electron chi connectivity index (χ2n) is 4.81. The number of nitrogens with zero attached hydrogens (tertiary/aromatic N) is 1. The average molecular weight is 327 g/mol. The van der Waals surface area contributed by atoms with Gasteiger partial charge < -0.3 is 10.4 Å². The Labute approximate surface area is 140 Å². The van der Waals surface area contributed by atoms with Gasteiger partial charge >= 0.3 is 5.97 Å². The molecule has 2 aromatic rings. The van der Waals surface area contributed by atoms with Gasteiger partial charge in [0.05, 0.1) is 0 Å². The third-order valence-corrected chi connectivity index (χ3v) is 3.29. The maximum absolute atomic E-state index is 11.3. The summed E-state index contributed by atoms with van der Waals surface area (Å²) >= 11 is 5.10. The highest BCUT2D eigenvalue weighted by molar-refractivity contribution is 7.80. The summed E-state index contributed by atoms with van der Waals surface area (Å²) in [6.45, 7) is 0.545. The summed E-state index contributed by atoms with van der Waals surface area (Å²) in [5.41, 5.74) is 4.53. The third-order valence-electron chi connectivity index (χ3n) is 3.05. The molecule has 0 aliphatic rings. The molecule has 2 rings (SSSR count). The van der Waals surface area contributed by atoms with Gasteiger partial charge in [-0.1, -0.05) is 60.7 Å². The van der Waals surface area contributed by atoms with Crippen LogP contribution in [0.15, 0.2) is 65.8 Å². The van der Waals surface area contributed by atoms with Crippen molar-refractivity contribution in [2.45, 2.75) is 13.0 Å². The van der Waals surface area contributed by atoms with Crippen molar-refractivity contribution in [2.75, 3.05) is 0 Å². The number of carboxylic acid groups (broad SMARTS) is 1. The Morgan fingerprint density at radius 3 is 2.13 bits per heavy atom. The van der Waals surface area contributed by atoms with Crippen LogP contribution in [0.4, 0.5) is 0 Å². The molecule has 6 heteroatoms. The van der Waals surface area contributed by atoms with Gasteiger partial charge in [0.25, 0.3) is 0 Å². The number of hydrogen-bond acceptors (Lipinski definition) is 3. The highest BCUT2D eigenvalue weighted by Crippen LogP contribution is 2.01. The summed E-state index contributed by atoms with van der Waals surface area (Å²) in [7, 11) is 0. The molecule has 0 aliphatic heterocycles. The molecule has 23 heavy (non-hydrogen) atoms.